The number of fused-ring (bicyclic) bond motifs is 3. The molecule has 0 spiro atoms. The Kier molecular flexibility index (Phi) is 3.04. The van der Waals surface area contributed by atoms with E-state index in [0.717, 1.165) is 18.7 Å². The Hall–Kier alpha value is -1.50. The summed E-state index contributed by atoms with van der Waals surface area (Å²) < 4.78 is 12.0. The zero-order valence-electron chi connectivity index (χ0n) is 11.7. The van der Waals surface area contributed by atoms with Crippen LogP contribution in [0.15, 0.2) is 24.3 Å². The first-order valence-electron chi connectivity index (χ1n) is 6.77. The molecule has 0 atom stereocenters. The average Bonchev–Trinajstić information content (AvgIpc) is 2.47. The predicted molar refractivity (Wildman–Crippen MR) is 72.0 cm³/mol. The molecular weight excluding hydrogens is 260 g/mol. The van der Waals surface area contributed by atoms with E-state index in [1.165, 1.54) is 12.1 Å². The van der Waals surface area contributed by atoms with Crippen molar-refractivity contribution in [3.8, 4) is 0 Å². The zero-order valence-corrected chi connectivity index (χ0v) is 11.7. The minimum Gasteiger partial charge on any atom is -0.333 e. The van der Waals surface area contributed by atoms with Crippen LogP contribution in [-0.2, 0) is 15.4 Å². The summed E-state index contributed by atoms with van der Waals surface area (Å²) in [5, 5.41) is 10.7. The molecule has 6 heteroatoms. The van der Waals surface area contributed by atoms with E-state index in [1.807, 2.05) is 0 Å². The number of benzene rings is 1. The second kappa shape index (κ2) is 4.51. The number of nitro groups is 1. The van der Waals surface area contributed by atoms with Gasteiger partial charge in [0, 0.05) is 36.2 Å². The van der Waals surface area contributed by atoms with Crippen molar-refractivity contribution in [1.29, 1.82) is 0 Å². The van der Waals surface area contributed by atoms with Crippen molar-refractivity contribution >= 4 is 5.69 Å². The third kappa shape index (κ3) is 1.91. The molecule has 3 fully saturated rings. The molecular formula is C14H18N2O4. The van der Waals surface area contributed by atoms with E-state index in [2.05, 4.69) is 18.7 Å². The molecule has 2 bridgehead atoms. The molecule has 4 rings (SSSR count). The van der Waals surface area contributed by atoms with Crippen LogP contribution < -0.4 is 0 Å². The molecule has 1 aromatic carbocycles. The van der Waals surface area contributed by atoms with Crippen LogP contribution >= 0.6 is 0 Å². The Morgan fingerprint density at radius 3 is 2.40 bits per heavy atom. The molecule has 0 radical (unpaired) electrons. The molecule has 108 valence electrons. The number of ether oxygens (including phenoxy) is 2. The lowest BCUT2D eigenvalue weighted by atomic mass is 9.87. The van der Waals surface area contributed by atoms with Gasteiger partial charge < -0.3 is 9.47 Å². The number of nitro benzene ring substituents is 1. The minimum absolute atomic E-state index is 0.0263. The van der Waals surface area contributed by atoms with E-state index < -0.39 is 10.8 Å². The Morgan fingerprint density at radius 1 is 1.30 bits per heavy atom. The first-order valence-corrected chi connectivity index (χ1v) is 6.77. The summed E-state index contributed by atoms with van der Waals surface area (Å²) in [5.41, 5.74) is 0.912. The van der Waals surface area contributed by atoms with Crippen molar-refractivity contribution in [2.45, 2.75) is 19.8 Å². The lowest BCUT2D eigenvalue weighted by molar-refractivity contribution is -0.417. The predicted octanol–water partition coefficient (Wildman–Crippen LogP) is 2.09. The monoisotopic (exact) mass is 278 g/mol. The highest BCUT2D eigenvalue weighted by atomic mass is 16.7. The number of rotatable bonds is 3. The van der Waals surface area contributed by atoms with Gasteiger partial charge in [-0.1, -0.05) is 13.8 Å². The molecule has 0 unspecified atom stereocenters. The van der Waals surface area contributed by atoms with Crippen molar-refractivity contribution in [3.63, 3.8) is 0 Å². The smallest absolute Gasteiger partial charge is 0.269 e. The van der Waals surface area contributed by atoms with Gasteiger partial charge in [0.25, 0.3) is 11.6 Å². The van der Waals surface area contributed by atoms with Gasteiger partial charge in [-0.05, 0) is 12.1 Å². The van der Waals surface area contributed by atoms with E-state index in [0.29, 0.717) is 13.2 Å². The normalized spacial score (nSPS) is 33.3. The van der Waals surface area contributed by atoms with Gasteiger partial charge >= 0.3 is 0 Å². The third-order valence-electron chi connectivity index (χ3n) is 4.05. The Morgan fingerprint density at radius 2 is 1.90 bits per heavy atom. The van der Waals surface area contributed by atoms with Crippen LogP contribution in [0.5, 0.6) is 0 Å². The van der Waals surface area contributed by atoms with Gasteiger partial charge in [-0.2, -0.15) is 0 Å². The Balaban J connectivity index is 1.96. The van der Waals surface area contributed by atoms with Crippen molar-refractivity contribution in [1.82, 2.24) is 4.90 Å². The molecule has 1 aromatic rings. The number of hydrogen-bond acceptors (Lipinski definition) is 5. The van der Waals surface area contributed by atoms with Gasteiger partial charge in [-0.3, -0.25) is 10.1 Å². The first-order chi connectivity index (χ1) is 9.49. The Labute approximate surface area is 117 Å². The molecule has 20 heavy (non-hydrogen) atoms. The Bertz CT molecular complexity index is 520. The summed E-state index contributed by atoms with van der Waals surface area (Å²) in [7, 11) is 0. The molecule has 3 aliphatic rings. The largest absolute Gasteiger partial charge is 0.333 e. The van der Waals surface area contributed by atoms with Crippen LogP contribution in [-0.4, -0.2) is 36.1 Å². The molecule has 3 aliphatic heterocycles. The van der Waals surface area contributed by atoms with Crippen molar-refractivity contribution in [2.75, 3.05) is 26.3 Å². The van der Waals surface area contributed by atoms with Gasteiger partial charge in [-0.15, -0.1) is 0 Å². The molecule has 0 saturated carbocycles. The van der Waals surface area contributed by atoms with Crippen LogP contribution in [0.4, 0.5) is 5.69 Å². The number of hydrogen-bond donors (Lipinski definition) is 0. The van der Waals surface area contributed by atoms with E-state index in [4.69, 9.17) is 9.47 Å². The van der Waals surface area contributed by atoms with Gasteiger partial charge in [0.15, 0.2) is 0 Å². The molecule has 0 N–H and O–H groups in total. The van der Waals surface area contributed by atoms with E-state index in [9.17, 15) is 10.1 Å². The average molecular weight is 278 g/mol. The minimum atomic E-state index is -0.887. The SMILES string of the molecule is CCN1CC2(C)COC1(c1ccc([N+](=O)[O-])cc1)OC2. The van der Waals surface area contributed by atoms with Gasteiger partial charge in [0.2, 0.25) is 0 Å². The molecule has 6 nitrogen and oxygen atoms in total. The summed E-state index contributed by atoms with van der Waals surface area (Å²) in [5.74, 6) is -0.887. The third-order valence-corrected chi connectivity index (χ3v) is 4.05. The topological polar surface area (TPSA) is 64.8 Å². The lowest BCUT2D eigenvalue weighted by Crippen LogP contribution is -2.66. The lowest BCUT2D eigenvalue weighted by Gasteiger charge is -2.57. The second-order valence-electron chi connectivity index (χ2n) is 5.79. The summed E-state index contributed by atoms with van der Waals surface area (Å²) >= 11 is 0. The fourth-order valence-electron chi connectivity index (χ4n) is 2.93. The zero-order chi connectivity index (χ0) is 14.4. The van der Waals surface area contributed by atoms with E-state index in [-0.39, 0.29) is 11.1 Å². The molecule has 0 aliphatic carbocycles. The highest BCUT2D eigenvalue weighted by Gasteiger charge is 2.54. The molecule has 3 saturated heterocycles. The second-order valence-corrected chi connectivity index (χ2v) is 5.79. The van der Waals surface area contributed by atoms with E-state index >= 15 is 0 Å². The van der Waals surface area contributed by atoms with Crippen LogP contribution in [0.1, 0.15) is 19.4 Å². The number of nitrogens with zero attached hydrogens (tertiary/aromatic N) is 2. The molecule has 0 aromatic heterocycles. The fraction of sp³-hybridized carbons (Fsp3) is 0.571. The van der Waals surface area contributed by atoms with Gasteiger partial charge in [0.1, 0.15) is 0 Å². The van der Waals surface area contributed by atoms with Crippen LogP contribution in [0.25, 0.3) is 0 Å². The summed E-state index contributed by atoms with van der Waals surface area (Å²) in [4.78, 5) is 12.5. The quantitative estimate of drug-likeness (QED) is 0.625. The van der Waals surface area contributed by atoms with Crippen molar-refractivity contribution < 1.29 is 14.4 Å². The maximum absolute atomic E-state index is 10.7. The molecule has 3 heterocycles. The first kappa shape index (κ1) is 13.5. The van der Waals surface area contributed by atoms with Gasteiger partial charge in [-0.25, -0.2) is 4.90 Å². The highest BCUT2D eigenvalue weighted by molar-refractivity contribution is 5.35. The van der Waals surface area contributed by atoms with Crippen LogP contribution in [0, 0.1) is 15.5 Å². The van der Waals surface area contributed by atoms with Crippen LogP contribution in [0.3, 0.4) is 0 Å². The fourth-order valence-corrected chi connectivity index (χ4v) is 2.93. The maximum Gasteiger partial charge on any atom is 0.269 e. The number of non-ortho nitro benzene ring substituents is 1. The van der Waals surface area contributed by atoms with Crippen LogP contribution in [0.2, 0.25) is 0 Å². The van der Waals surface area contributed by atoms with Gasteiger partial charge in [0.05, 0.1) is 18.1 Å². The summed E-state index contributed by atoms with van der Waals surface area (Å²) in [6.45, 7) is 7.19. The van der Waals surface area contributed by atoms with Crippen molar-refractivity contribution in [2.24, 2.45) is 5.41 Å². The highest BCUT2D eigenvalue weighted by Crippen LogP contribution is 2.45. The summed E-state index contributed by atoms with van der Waals surface area (Å²) in [6.07, 6.45) is 0. The molecule has 0 amide bonds. The standard InChI is InChI=1S/C14H18N2O4/c1-3-15-8-13(2)9-19-14(15,20-10-13)11-4-6-12(7-5-11)16(17)18/h4-7H,3,8-10H2,1-2H3. The maximum atomic E-state index is 10.7. The van der Waals surface area contributed by atoms with E-state index in [1.54, 1.807) is 12.1 Å². The van der Waals surface area contributed by atoms with Crippen molar-refractivity contribution in [3.05, 3.63) is 39.9 Å². The summed E-state index contributed by atoms with van der Waals surface area (Å²) in [6, 6.07) is 6.42.